The smallest absolute Gasteiger partial charge is 0.410 e. The molecule has 0 aromatic carbocycles. The maximum atomic E-state index is 13.2. The van der Waals surface area contributed by atoms with Gasteiger partial charge in [0.05, 0.1) is 30.3 Å². The predicted molar refractivity (Wildman–Crippen MR) is 191 cm³/mol. The van der Waals surface area contributed by atoms with Gasteiger partial charge in [-0.3, -0.25) is 9.69 Å². The van der Waals surface area contributed by atoms with Crippen molar-refractivity contribution in [2.75, 3.05) is 33.3 Å². The van der Waals surface area contributed by atoms with Crippen LogP contribution in [0.25, 0.3) is 0 Å². The number of hydrogen-bond acceptors (Lipinski definition) is 10. The first kappa shape index (κ1) is 42.9. The molecule has 11 heteroatoms. The third-order valence-corrected chi connectivity index (χ3v) is 10.5. The lowest BCUT2D eigenvalue weighted by Gasteiger charge is -2.38. The summed E-state index contributed by atoms with van der Waals surface area (Å²) >= 11 is 0. The molecule has 10 unspecified atom stereocenters. The van der Waals surface area contributed by atoms with Gasteiger partial charge in [-0.05, 0) is 77.4 Å². The molecule has 0 bridgehead atoms. The predicted octanol–water partition coefficient (Wildman–Crippen LogP) is 4.62. The van der Waals surface area contributed by atoms with Gasteiger partial charge in [0.15, 0.2) is 6.10 Å². The fourth-order valence-electron chi connectivity index (χ4n) is 6.68. The zero-order chi connectivity index (χ0) is 37.1. The van der Waals surface area contributed by atoms with Crippen molar-refractivity contribution in [2.24, 2.45) is 17.8 Å². The third kappa shape index (κ3) is 13.4. The van der Waals surface area contributed by atoms with Crippen molar-refractivity contribution in [3.05, 3.63) is 36.0 Å². The molecule has 0 aromatic heterocycles. The Kier molecular flexibility index (Phi) is 16.9. The van der Waals surface area contributed by atoms with Gasteiger partial charge in [0.2, 0.25) is 0 Å². The molecule has 11 nitrogen and oxygen atoms in total. The van der Waals surface area contributed by atoms with Gasteiger partial charge in [0.25, 0.3) is 0 Å². The van der Waals surface area contributed by atoms with Crippen LogP contribution in [0.2, 0.25) is 0 Å². The number of hydrogen-bond donors (Lipinski definition) is 4. The number of amides is 1. The van der Waals surface area contributed by atoms with Crippen LogP contribution in [0.1, 0.15) is 94.4 Å². The van der Waals surface area contributed by atoms with E-state index in [1.165, 1.54) is 0 Å². The molecule has 0 saturated carbocycles. The van der Waals surface area contributed by atoms with E-state index in [1.54, 1.807) is 56.2 Å². The number of rotatable bonds is 12. The summed E-state index contributed by atoms with van der Waals surface area (Å²) in [4.78, 5) is 30.0. The monoisotopic (exact) mass is 694 g/mol. The second-order valence-corrected chi connectivity index (χ2v) is 15.1. The zero-order valence-corrected chi connectivity index (χ0v) is 31.7. The van der Waals surface area contributed by atoms with E-state index in [0.29, 0.717) is 24.7 Å². The fraction of sp³-hybridized carbons (Fsp3) is 0.789. The number of allylic oxidation sites excluding steroid dienone is 2. The highest BCUT2D eigenvalue weighted by atomic mass is 16.6. The molecule has 2 aliphatic heterocycles. The van der Waals surface area contributed by atoms with Crippen molar-refractivity contribution in [1.29, 1.82) is 0 Å². The lowest BCUT2D eigenvalue weighted by Crippen LogP contribution is -2.52. The quantitative estimate of drug-likeness (QED) is 0.130. The summed E-state index contributed by atoms with van der Waals surface area (Å²) in [6, 6.07) is 0.384. The Labute approximate surface area is 295 Å². The minimum absolute atomic E-state index is 0.0145. The van der Waals surface area contributed by atoms with Gasteiger partial charge < -0.3 is 39.5 Å². The van der Waals surface area contributed by atoms with E-state index in [0.717, 1.165) is 19.5 Å². The standard InChI is InChI=1S/C38H66N2O9/c1-11-32(47-10)29(7)28(6)31(42)24-37(8,45)17-12-13-26(4)35-27(5)14-15-33(38(9,46)18-16-30(41)23-34(43)49-35)48-36(44)40-21-19-39(20-22-40)25(2)3/h12-15,17,25,27-33,35,41-42,45-46H,11,16,18-24H2,1-10H3/b15-14+,17-12+,26-13+. The third-order valence-electron chi connectivity index (χ3n) is 10.5. The number of ether oxygens (including phenoxy) is 3. The van der Waals surface area contributed by atoms with Gasteiger partial charge in [-0.2, -0.15) is 0 Å². The number of methoxy groups -OCH3 is 1. The van der Waals surface area contributed by atoms with Crippen molar-refractivity contribution in [1.82, 2.24) is 9.80 Å². The molecule has 0 radical (unpaired) electrons. The molecule has 0 spiro atoms. The van der Waals surface area contributed by atoms with Gasteiger partial charge in [-0.25, -0.2) is 4.79 Å². The van der Waals surface area contributed by atoms with Gasteiger partial charge >= 0.3 is 12.1 Å². The Morgan fingerprint density at radius 3 is 2.37 bits per heavy atom. The van der Waals surface area contributed by atoms with Gasteiger partial charge in [-0.1, -0.05) is 52.0 Å². The summed E-state index contributed by atoms with van der Waals surface area (Å²) in [7, 11) is 1.67. The Morgan fingerprint density at radius 1 is 1.16 bits per heavy atom. The maximum absolute atomic E-state index is 13.2. The molecule has 2 aliphatic rings. The summed E-state index contributed by atoms with van der Waals surface area (Å²) < 4.78 is 17.3. The van der Waals surface area contributed by atoms with Crippen molar-refractivity contribution >= 4 is 12.1 Å². The fourth-order valence-corrected chi connectivity index (χ4v) is 6.68. The molecule has 282 valence electrons. The van der Waals surface area contributed by atoms with Crippen molar-refractivity contribution in [3.8, 4) is 0 Å². The Bertz CT molecular complexity index is 1120. The van der Waals surface area contributed by atoms with Crippen LogP contribution in [0.5, 0.6) is 0 Å². The van der Waals surface area contributed by atoms with Gasteiger partial charge in [-0.15, -0.1) is 0 Å². The van der Waals surface area contributed by atoms with Crippen molar-refractivity contribution in [3.63, 3.8) is 0 Å². The minimum Gasteiger partial charge on any atom is -0.457 e. The Morgan fingerprint density at radius 2 is 1.80 bits per heavy atom. The van der Waals surface area contributed by atoms with E-state index in [-0.39, 0.29) is 43.6 Å². The minimum atomic E-state index is -1.49. The van der Waals surface area contributed by atoms with Crippen LogP contribution in [0, 0.1) is 17.8 Å². The van der Waals surface area contributed by atoms with E-state index in [4.69, 9.17) is 14.2 Å². The topological polar surface area (TPSA) is 149 Å². The SMILES string of the molecule is CCC(OC)C(C)C(C)C(O)CC(C)(O)/C=C/C=C(\C)C1OC(=O)CC(O)CCC(C)(O)C(OC(=O)N2CCN(C(C)C)CC2)/C=C/C1C. The molecular formula is C38H66N2O9. The van der Waals surface area contributed by atoms with E-state index < -0.39 is 53.6 Å². The molecule has 1 amide bonds. The summed E-state index contributed by atoms with van der Waals surface area (Å²) in [5.74, 6) is -0.964. The lowest BCUT2D eigenvalue weighted by atomic mass is 9.81. The average molecular weight is 695 g/mol. The lowest BCUT2D eigenvalue weighted by molar-refractivity contribution is -0.151. The van der Waals surface area contributed by atoms with Crippen molar-refractivity contribution < 1.29 is 44.2 Å². The van der Waals surface area contributed by atoms with E-state index in [9.17, 15) is 30.0 Å². The molecule has 0 aromatic rings. The molecule has 4 N–H and O–H groups in total. The molecule has 1 fully saturated rings. The Balaban J connectivity index is 2.24. The number of nitrogens with zero attached hydrogens (tertiary/aromatic N) is 2. The summed E-state index contributed by atoms with van der Waals surface area (Å²) in [6.45, 7) is 19.7. The van der Waals surface area contributed by atoms with Crippen molar-refractivity contribution in [2.45, 2.75) is 142 Å². The van der Waals surface area contributed by atoms with E-state index in [1.807, 2.05) is 34.6 Å². The van der Waals surface area contributed by atoms with E-state index in [2.05, 4.69) is 18.7 Å². The number of cyclic esters (lactones) is 1. The van der Waals surface area contributed by atoms with Crippen LogP contribution < -0.4 is 0 Å². The summed E-state index contributed by atoms with van der Waals surface area (Å²) in [6.07, 6.45) is 5.36. The van der Waals surface area contributed by atoms with Crippen LogP contribution in [-0.4, -0.2) is 123 Å². The molecule has 49 heavy (non-hydrogen) atoms. The summed E-state index contributed by atoms with van der Waals surface area (Å²) in [5.41, 5.74) is -2.12. The van der Waals surface area contributed by atoms with Crippen LogP contribution in [0.4, 0.5) is 4.79 Å². The number of piperazine rings is 1. The highest BCUT2D eigenvalue weighted by Crippen LogP contribution is 2.29. The molecule has 1 saturated heterocycles. The molecule has 0 aliphatic carbocycles. The van der Waals surface area contributed by atoms with Crippen LogP contribution in [-0.2, 0) is 19.0 Å². The maximum Gasteiger partial charge on any atom is 0.410 e. The van der Waals surface area contributed by atoms with Gasteiger partial charge in [0, 0.05) is 51.7 Å². The Hall–Kier alpha value is -2.28. The largest absolute Gasteiger partial charge is 0.457 e. The van der Waals surface area contributed by atoms with Crippen LogP contribution in [0.3, 0.4) is 0 Å². The first-order chi connectivity index (χ1) is 22.8. The number of esters is 1. The molecule has 2 heterocycles. The summed E-state index contributed by atoms with van der Waals surface area (Å²) in [5, 5.41) is 44.1. The second-order valence-electron chi connectivity index (χ2n) is 15.1. The zero-order valence-electron chi connectivity index (χ0n) is 31.7. The molecule has 2 rings (SSSR count). The van der Waals surface area contributed by atoms with Crippen LogP contribution >= 0.6 is 0 Å². The van der Waals surface area contributed by atoms with E-state index >= 15 is 0 Å². The normalized spacial score (nSPS) is 31.2. The number of aliphatic hydroxyl groups excluding tert-OH is 2. The van der Waals surface area contributed by atoms with Crippen LogP contribution in [0.15, 0.2) is 36.0 Å². The molecule has 10 atom stereocenters. The highest BCUT2D eigenvalue weighted by molar-refractivity contribution is 5.70. The number of carbonyl (C=O) groups is 2. The first-order valence-electron chi connectivity index (χ1n) is 18.1. The first-order valence-corrected chi connectivity index (χ1v) is 18.1. The number of carbonyl (C=O) groups excluding carboxylic acids is 2. The number of aliphatic hydroxyl groups is 4. The average Bonchev–Trinajstić information content (AvgIpc) is 3.03. The van der Waals surface area contributed by atoms with Gasteiger partial charge in [0.1, 0.15) is 11.7 Å². The molecular weight excluding hydrogens is 628 g/mol. The highest BCUT2D eigenvalue weighted by Gasteiger charge is 2.37. The second kappa shape index (κ2) is 19.4.